The number of amides is 1. The minimum absolute atomic E-state index is 0.153. The van der Waals surface area contributed by atoms with E-state index in [4.69, 9.17) is 0 Å². The number of hydrogen-bond acceptors (Lipinski definition) is 3. The van der Waals surface area contributed by atoms with Crippen LogP contribution in [0.15, 0.2) is 42.5 Å². The van der Waals surface area contributed by atoms with Gasteiger partial charge in [-0.1, -0.05) is 24.3 Å². The summed E-state index contributed by atoms with van der Waals surface area (Å²) in [6.07, 6.45) is 0. The summed E-state index contributed by atoms with van der Waals surface area (Å²) in [6, 6.07) is 12.3. The lowest BCUT2D eigenvalue weighted by Gasteiger charge is -2.13. The van der Waals surface area contributed by atoms with E-state index in [-0.39, 0.29) is 5.69 Å². The van der Waals surface area contributed by atoms with Crippen LogP contribution in [0.5, 0.6) is 0 Å². The van der Waals surface area contributed by atoms with Crippen molar-refractivity contribution < 1.29 is 26.7 Å². The summed E-state index contributed by atoms with van der Waals surface area (Å²) in [5.74, 6) is -12.5. The summed E-state index contributed by atoms with van der Waals surface area (Å²) in [6.45, 7) is 1.65. The minimum Gasteiger partial charge on any atom is -0.322 e. The molecule has 0 radical (unpaired) electrons. The van der Waals surface area contributed by atoms with Gasteiger partial charge in [-0.25, -0.2) is 26.9 Å². The topological polar surface area (TPSA) is 42.0 Å². The lowest BCUT2D eigenvalue weighted by Crippen LogP contribution is -2.19. The number of nitrogens with zero attached hydrogens (tertiary/aromatic N) is 1. The van der Waals surface area contributed by atoms with Gasteiger partial charge in [-0.3, -0.25) is 4.79 Å². The number of rotatable bonds is 3. The number of benzene rings is 3. The van der Waals surface area contributed by atoms with E-state index >= 15 is 0 Å². The fourth-order valence-electron chi connectivity index (χ4n) is 2.98. The first-order valence-electron chi connectivity index (χ1n) is 8.58. The molecule has 3 nitrogen and oxygen atoms in total. The van der Waals surface area contributed by atoms with Crippen molar-refractivity contribution in [1.29, 1.82) is 0 Å². The van der Waals surface area contributed by atoms with Crippen molar-refractivity contribution in [2.24, 2.45) is 0 Å². The molecule has 0 fully saturated rings. The molecular formula is C21H11F5N2OS. The molecule has 1 aromatic heterocycles. The summed E-state index contributed by atoms with van der Waals surface area (Å²) in [5, 5.41) is 2.88. The average molecular weight is 434 g/mol. The van der Waals surface area contributed by atoms with E-state index < -0.39 is 40.6 Å². The van der Waals surface area contributed by atoms with Crippen molar-refractivity contribution in [2.75, 3.05) is 5.32 Å². The summed E-state index contributed by atoms with van der Waals surface area (Å²) in [4.78, 5) is 16.9. The standard InChI is InChI=1S/C21H11F5N2OS/c1-9-10(21-28-12-6-2-3-8-13(12)30-21)5-4-7-11(9)27-20(29)14-15(22)17(24)19(26)18(25)16(14)23/h2-8H,1H3,(H,27,29). The van der Waals surface area contributed by atoms with E-state index in [1.165, 1.54) is 17.4 Å². The van der Waals surface area contributed by atoms with E-state index in [0.29, 0.717) is 16.1 Å². The minimum atomic E-state index is -2.32. The van der Waals surface area contributed by atoms with E-state index in [1.54, 1.807) is 19.1 Å². The van der Waals surface area contributed by atoms with Gasteiger partial charge in [0.15, 0.2) is 23.3 Å². The molecule has 3 aromatic carbocycles. The third-order valence-corrected chi connectivity index (χ3v) is 5.61. The van der Waals surface area contributed by atoms with Gasteiger partial charge in [-0.05, 0) is 30.7 Å². The van der Waals surface area contributed by atoms with E-state index in [1.807, 2.05) is 24.3 Å². The second kappa shape index (κ2) is 7.49. The van der Waals surface area contributed by atoms with Crippen LogP contribution in [-0.2, 0) is 0 Å². The predicted molar refractivity (Wildman–Crippen MR) is 104 cm³/mol. The maximum atomic E-state index is 13.9. The van der Waals surface area contributed by atoms with Crippen LogP contribution in [0.4, 0.5) is 27.6 Å². The monoisotopic (exact) mass is 434 g/mol. The number of carbonyl (C=O) groups excluding carboxylic acids is 1. The zero-order chi connectivity index (χ0) is 21.6. The SMILES string of the molecule is Cc1c(NC(=O)c2c(F)c(F)c(F)c(F)c2F)cccc1-c1nc2ccccc2s1. The molecule has 0 spiro atoms. The Kier molecular flexibility index (Phi) is 4.98. The Hall–Kier alpha value is -3.33. The van der Waals surface area contributed by atoms with Crippen molar-refractivity contribution >= 4 is 33.1 Å². The molecule has 9 heteroatoms. The van der Waals surface area contributed by atoms with Crippen LogP contribution in [0.2, 0.25) is 0 Å². The van der Waals surface area contributed by atoms with Gasteiger partial charge in [0, 0.05) is 11.3 Å². The Bertz CT molecular complexity index is 1260. The van der Waals surface area contributed by atoms with Gasteiger partial charge in [0.05, 0.1) is 10.2 Å². The molecule has 0 unspecified atom stereocenters. The first-order valence-corrected chi connectivity index (χ1v) is 9.39. The Morgan fingerprint density at radius 2 is 1.50 bits per heavy atom. The van der Waals surface area contributed by atoms with E-state index in [0.717, 1.165) is 10.2 Å². The molecule has 1 amide bonds. The van der Waals surface area contributed by atoms with Crippen LogP contribution in [-0.4, -0.2) is 10.9 Å². The Balaban J connectivity index is 1.73. The Morgan fingerprint density at radius 1 is 0.867 bits per heavy atom. The second-order valence-electron chi connectivity index (χ2n) is 6.36. The van der Waals surface area contributed by atoms with Crippen molar-refractivity contribution in [3.8, 4) is 10.6 Å². The molecule has 0 aliphatic rings. The third-order valence-electron chi connectivity index (χ3n) is 4.54. The normalized spacial score (nSPS) is 11.1. The fraction of sp³-hybridized carbons (Fsp3) is 0.0476. The molecule has 4 aromatic rings. The molecule has 4 rings (SSSR count). The van der Waals surface area contributed by atoms with Gasteiger partial charge in [0.2, 0.25) is 5.82 Å². The molecule has 0 aliphatic carbocycles. The molecule has 0 aliphatic heterocycles. The van der Waals surface area contributed by atoms with E-state index in [2.05, 4.69) is 10.3 Å². The van der Waals surface area contributed by atoms with Crippen LogP contribution < -0.4 is 5.32 Å². The summed E-state index contributed by atoms with van der Waals surface area (Å²) in [7, 11) is 0. The first-order chi connectivity index (χ1) is 14.3. The van der Waals surface area contributed by atoms with E-state index in [9.17, 15) is 26.7 Å². The van der Waals surface area contributed by atoms with Crippen molar-refractivity contribution in [1.82, 2.24) is 4.98 Å². The predicted octanol–water partition coefficient (Wildman–Crippen LogP) is 6.22. The highest BCUT2D eigenvalue weighted by Crippen LogP contribution is 2.34. The van der Waals surface area contributed by atoms with Gasteiger partial charge in [0.25, 0.3) is 5.91 Å². The molecule has 0 bridgehead atoms. The largest absolute Gasteiger partial charge is 0.322 e. The summed E-state index contributed by atoms with van der Waals surface area (Å²) >= 11 is 1.41. The van der Waals surface area contributed by atoms with Crippen molar-refractivity contribution in [2.45, 2.75) is 6.92 Å². The number of thiazole rings is 1. The quantitative estimate of drug-likeness (QED) is 0.236. The van der Waals surface area contributed by atoms with Gasteiger partial charge in [-0.2, -0.15) is 0 Å². The molecule has 1 heterocycles. The lowest BCUT2D eigenvalue weighted by molar-refractivity contribution is 0.101. The average Bonchev–Trinajstić information content (AvgIpc) is 3.16. The maximum absolute atomic E-state index is 13.9. The number of fused-ring (bicyclic) bond motifs is 1. The number of carbonyl (C=O) groups is 1. The molecule has 30 heavy (non-hydrogen) atoms. The summed E-state index contributed by atoms with van der Waals surface area (Å²) < 4.78 is 68.9. The van der Waals surface area contributed by atoms with Crippen LogP contribution in [0.3, 0.4) is 0 Å². The molecule has 0 saturated carbocycles. The Morgan fingerprint density at radius 3 is 2.17 bits per heavy atom. The van der Waals surface area contributed by atoms with Crippen LogP contribution in [0.1, 0.15) is 15.9 Å². The molecule has 0 atom stereocenters. The zero-order valence-electron chi connectivity index (χ0n) is 15.2. The number of nitrogens with one attached hydrogen (secondary N) is 1. The molecule has 0 saturated heterocycles. The Labute approximate surface area is 170 Å². The smallest absolute Gasteiger partial charge is 0.261 e. The van der Waals surface area contributed by atoms with Gasteiger partial charge in [-0.15, -0.1) is 11.3 Å². The second-order valence-corrected chi connectivity index (χ2v) is 7.39. The number of aromatic nitrogens is 1. The molecule has 1 N–H and O–H groups in total. The highest BCUT2D eigenvalue weighted by molar-refractivity contribution is 7.21. The first kappa shape index (κ1) is 20.0. The number of hydrogen-bond donors (Lipinski definition) is 1. The number of anilines is 1. The summed E-state index contributed by atoms with van der Waals surface area (Å²) in [5.41, 5.74) is 0.574. The van der Waals surface area contributed by atoms with Crippen LogP contribution in [0, 0.1) is 36.0 Å². The van der Waals surface area contributed by atoms with Crippen LogP contribution >= 0.6 is 11.3 Å². The van der Waals surface area contributed by atoms with Crippen molar-refractivity contribution in [3.05, 3.63) is 82.7 Å². The third kappa shape index (κ3) is 3.21. The lowest BCUT2D eigenvalue weighted by atomic mass is 10.1. The number of para-hydroxylation sites is 1. The molecular weight excluding hydrogens is 423 g/mol. The van der Waals surface area contributed by atoms with Crippen LogP contribution in [0.25, 0.3) is 20.8 Å². The van der Waals surface area contributed by atoms with Gasteiger partial charge in [0.1, 0.15) is 10.6 Å². The number of halogens is 5. The van der Waals surface area contributed by atoms with Gasteiger partial charge < -0.3 is 5.32 Å². The highest BCUT2D eigenvalue weighted by atomic mass is 32.1. The highest BCUT2D eigenvalue weighted by Gasteiger charge is 2.30. The molecule has 152 valence electrons. The van der Waals surface area contributed by atoms with Gasteiger partial charge >= 0.3 is 0 Å². The fourth-order valence-corrected chi connectivity index (χ4v) is 4.03. The van der Waals surface area contributed by atoms with Crippen molar-refractivity contribution in [3.63, 3.8) is 0 Å². The zero-order valence-corrected chi connectivity index (χ0v) is 16.0. The maximum Gasteiger partial charge on any atom is 0.261 e.